The normalized spacial score (nSPS) is 23.8. The quantitative estimate of drug-likeness (QED) is 0.880. The zero-order valence-corrected chi connectivity index (χ0v) is 11.5. The number of sulfonamides is 1. The van der Waals surface area contributed by atoms with Crippen LogP contribution in [0.3, 0.4) is 0 Å². The van der Waals surface area contributed by atoms with Crippen LogP contribution in [0.15, 0.2) is 24.4 Å². The lowest BCUT2D eigenvalue weighted by Gasteiger charge is -2.32. The number of piperazine rings is 1. The van der Waals surface area contributed by atoms with E-state index in [1.165, 1.54) is 0 Å². The van der Waals surface area contributed by atoms with Gasteiger partial charge in [0.05, 0.1) is 5.69 Å². The molecule has 1 aromatic heterocycles. The fourth-order valence-electron chi connectivity index (χ4n) is 2.12. The van der Waals surface area contributed by atoms with Crippen molar-refractivity contribution in [1.29, 1.82) is 0 Å². The van der Waals surface area contributed by atoms with E-state index >= 15 is 0 Å². The number of hydrogen-bond donors (Lipinski definition) is 1. The summed E-state index contributed by atoms with van der Waals surface area (Å²) in [6.07, 6.45) is 1.63. The Bertz CT molecular complexity index is 489. The number of pyridine rings is 1. The maximum absolute atomic E-state index is 12.5. The third-order valence-electron chi connectivity index (χ3n) is 3.24. The lowest BCUT2D eigenvalue weighted by atomic mass is 10.3. The van der Waals surface area contributed by atoms with Crippen molar-refractivity contribution in [3.63, 3.8) is 0 Å². The number of nitrogens with zero attached hydrogens (tertiary/aromatic N) is 2. The second-order valence-electron chi connectivity index (χ2n) is 4.65. The van der Waals surface area contributed by atoms with Gasteiger partial charge in [0.1, 0.15) is 5.25 Å². The van der Waals surface area contributed by atoms with Crippen LogP contribution in [0.1, 0.15) is 24.8 Å². The Morgan fingerprint density at radius 2 is 2.28 bits per heavy atom. The maximum Gasteiger partial charge on any atom is 0.222 e. The second-order valence-corrected chi connectivity index (χ2v) is 6.91. The summed E-state index contributed by atoms with van der Waals surface area (Å²) >= 11 is 0. The summed E-state index contributed by atoms with van der Waals surface area (Å²) in [5.74, 6) is 0. The first kappa shape index (κ1) is 13.5. The number of rotatable bonds is 3. The summed E-state index contributed by atoms with van der Waals surface area (Å²) in [7, 11) is -3.32. The van der Waals surface area contributed by atoms with Crippen LogP contribution in [0.2, 0.25) is 0 Å². The molecule has 2 heterocycles. The summed E-state index contributed by atoms with van der Waals surface area (Å²) < 4.78 is 26.5. The van der Waals surface area contributed by atoms with Gasteiger partial charge in [0, 0.05) is 31.9 Å². The van der Waals surface area contributed by atoms with Crippen LogP contribution < -0.4 is 5.32 Å². The van der Waals surface area contributed by atoms with Crippen LogP contribution in [0, 0.1) is 0 Å². The van der Waals surface area contributed by atoms with Gasteiger partial charge in [-0.1, -0.05) is 6.07 Å². The van der Waals surface area contributed by atoms with Crippen LogP contribution in [0.25, 0.3) is 0 Å². The molecule has 1 aliphatic heterocycles. The van der Waals surface area contributed by atoms with E-state index in [2.05, 4.69) is 10.3 Å². The van der Waals surface area contributed by atoms with Gasteiger partial charge in [-0.3, -0.25) is 4.98 Å². The molecule has 5 nitrogen and oxygen atoms in total. The van der Waals surface area contributed by atoms with Crippen molar-refractivity contribution < 1.29 is 8.42 Å². The van der Waals surface area contributed by atoms with Gasteiger partial charge >= 0.3 is 0 Å². The second kappa shape index (κ2) is 5.34. The molecule has 2 unspecified atom stereocenters. The third-order valence-corrected chi connectivity index (χ3v) is 5.43. The van der Waals surface area contributed by atoms with Crippen LogP contribution in [0.4, 0.5) is 0 Å². The molecule has 0 aliphatic carbocycles. The van der Waals surface area contributed by atoms with Crippen molar-refractivity contribution in [2.45, 2.75) is 25.1 Å². The van der Waals surface area contributed by atoms with E-state index in [9.17, 15) is 8.42 Å². The van der Waals surface area contributed by atoms with Crippen LogP contribution in [-0.2, 0) is 10.0 Å². The van der Waals surface area contributed by atoms with E-state index in [-0.39, 0.29) is 6.04 Å². The Labute approximate surface area is 108 Å². The summed E-state index contributed by atoms with van der Waals surface area (Å²) in [5, 5.41) is 2.65. The summed E-state index contributed by atoms with van der Waals surface area (Å²) in [4.78, 5) is 4.14. The molecule has 0 spiro atoms. The van der Waals surface area contributed by atoms with E-state index in [4.69, 9.17) is 0 Å². The minimum absolute atomic E-state index is 0.199. The van der Waals surface area contributed by atoms with Crippen LogP contribution in [-0.4, -0.2) is 43.4 Å². The molecule has 1 fully saturated rings. The van der Waals surface area contributed by atoms with Gasteiger partial charge in [-0.2, -0.15) is 4.31 Å². The van der Waals surface area contributed by atoms with Gasteiger partial charge in [-0.25, -0.2) is 8.42 Å². The monoisotopic (exact) mass is 269 g/mol. The highest BCUT2D eigenvalue weighted by molar-refractivity contribution is 7.89. The van der Waals surface area contributed by atoms with Crippen LogP contribution in [0.5, 0.6) is 0 Å². The Hall–Kier alpha value is -0.980. The van der Waals surface area contributed by atoms with Crippen LogP contribution >= 0.6 is 0 Å². The largest absolute Gasteiger partial charge is 0.312 e. The average molecular weight is 269 g/mol. The average Bonchev–Trinajstić information content (AvgIpc) is 2.39. The fraction of sp³-hybridized carbons (Fsp3) is 0.583. The highest BCUT2D eigenvalue weighted by Gasteiger charge is 2.33. The Balaban J connectivity index is 2.20. The topological polar surface area (TPSA) is 62.3 Å². The number of aromatic nitrogens is 1. The predicted molar refractivity (Wildman–Crippen MR) is 70.6 cm³/mol. The molecule has 100 valence electrons. The summed E-state index contributed by atoms with van der Waals surface area (Å²) in [6, 6.07) is 5.56. The van der Waals surface area contributed by atoms with Gasteiger partial charge in [-0.15, -0.1) is 0 Å². The van der Waals surface area contributed by atoms with Crippen molar-refractivity contribution in [2.24, 2.45) is 0 Å². The van der Waals surface area contributed by atoms with Gasteiger partial charge in [0.15, 0.2) is 0 Å². The molecular formula is C12H19N3O2S. The maximum atomic E-state index is 12.5. The van der Waals surface area contributed by atoms with Crippen molar-refractivity contribution in [1.82, 2.24) is 14.6 Å². The summed E-state index contributed by atoms with van der Waals surface area (Å²) in [6.45, 7) is 5.45. The molecule has 2 rings (SSSR count). The van der Waals surface area contributed by atoms with Crippen molar-refractivity contribution in [2.75, 3.05) is 19.6 Å². The molecule has 1 N–H and O–H groups in total. The van der Waals surface area contributed by atoms with E-state index < -0.39 is 15.3 Å². The molecule has 18 heavy (non-hydrogen) atoms. The molecule has 1 aromatic rings. The van der Waals surface area contributed by atoms with E-state index in [0.29, 0.717) is 25.3 Å². The first-order chi connectivity index (χ1) is 8.51. The van der Waals surface area contributed by atoms with E-state index in [1.54, 1.807) is 29.6 Å². The van der Waals surface area contributed by atoms with Gasteiger partial charge in [0.25, 0.3) is 0 Å². The SMILES string of the molecule is CC1CN(S(=O)(=O)C(C)c2ccccn2)CCN1. The molecule has 0 aromatic carbocycles. The smallest absolute Gasteiger partial charge is 0.222 e. The molecule has 6 heteroatoms. The van der Waals surface area contributed by atoms with Crippen molar-refractivity contribution >= 4 is 10.0 Å². The minimum Gasteiger partial charge on any atom is -0.312 e. The third kappa shape index (κ3) is 2.71. The first-order valence-corrected chi connectivity index (χ1v) is 7.65. The highest BCUT2D eigenvalue weighted by Crippen LogP contribution is 2.24. The minimum atomic E-state index is -3.32. The standard InChI is InChI=1S/C12H19N3O2S/c1-10-9-15(8-7-13-10)18(16,17)11(2)12-5-3-4-6-14-12/h3-6,10-11,13H,7-9H2,1-2H3. The zero-order chi connectivity index (χ0) is 13.2. The number of nitrogens with one attached hydrogen (secondary N) is 1. The lowest BCUT2D eigenvalue weighted by molar-refractivity contribution is 0.307. The number of hydrogen-bond acceptors (Lipinski definition) is 4. The van der Waals surface area contributed by atoms with Crippen molar-refractivity contribution in [3.8, 4) is 0 Å². The molecule has 0 amide bonds. The zero-order valence-electron chi connectivity index (χ0n) is 10.7. The lowest BCUT2D eigenvalue weighted by Crippen LogP contribution is -2.52. The molecular weight excluding hydrogens is 250 g/mol. The molecule has 0 radical (unpaired) electrons. The molecule has 0 saturated carbocycles. The predicted octanol–water partition coefficient (Wildman–Crippen LogP) is 0.766. The first-order valence-electron chi connectivity index (χ1n) is 6.15. The Morgan fingerprint density at radius 1 is 1.50 bits per heavy atom. The fourth-order valence-corrected chi connectivity index (χ4v) is 3.79. The van der Waals surface area contributed by atoms with Gasteiger partial charge in [-0.05, 0) is 26.0 Å². The van der Waals surface area contributed by atoms with Crippen molar-refractivity contribution in [3.05, 3.63) is 30.1 Å². The molecule has 1 saturated heterocycles. The molecule has 2 atom stereocenters. The van der Waals surface area contributed by atoms with E-state index in [1.807, 2.05) is 13.0 Å². The van der Waals surface area contributed by atoms with Gasteiger partial charge in [0.2, 0.25) is 10.0 Å². The Kier molecular flexibility index (Phi) is 3.99. The van der Waals surface area contributed by atoms with Gasteiger partial charge < -0.3 is 5.32 Å². The Morgan fingerprint density at radius 3 is 2.89 bits per heavy atom. The summed E-state index contributed by atoms with van der Waals surface area (Å²) in [5.41, 5.74) is 0.601. The molecule has 1 aliphatic rings. The highest BCUT2D eigenvalue weighted by atomic mass is 32.2. The van der Waals surface area contributed by atoms with E-state index in [0.717, 1.165) is 0 Å². The molecule has 0 bridgehead atoms.